The van der Waals surface area contributed by atoms with E-state index in [2.05, 4.69) is 9.97 Å². The first kappa shape index (κ1) is 20.8. The number of ether oxygens (including phenoxy) is 1. The fourth-order valence-electron chi connectivity index (χ4n) is 4.14. The second kappa shape index (κ2) is 8.14. The molecule has 0 radical (unpaired) electrons. The highest BCUT2D eigenvalue weighted by Crippen LogP contribution is 2.39. The molecule has 3 heterocycles. The standard InChI is InChI=1S/C22H20ClFN4O4/c23-19-8-25-9-20(26-19)28(10-13-2-1-5-32-13)18-7-17-14(6-16(18)24)21(29)15(22(30)31)11-27(17)12-3-4-12/h6-9,11-13H,1-5,10H2,(H,30,31). The van der Waals surface area contributed by atoms with E-state index in [1.54, 1.807) is 15.5 Å². The second-order valence-corrected chi connectivity index (χ2v) is 8.47. The van der Waals surface area contributed by atoms with Crippen molar-refractivity contribution >= 4 is 40.0 Å². The third-order valence-corrected chi connectivity index (χ3v) is 6.02. The quantitative estimate of drug-likeness (QED) is 0.597. The number of pyridine rings is 1. The highest BCUT2D eigenvalue weighted by molar-refractivity contribution is 6.29. The van der Waals surface area contributed by atoms with Crippen LogP contribution in [0, 0.1) is 5.82 Å². The van der Waals surface area contributed by atoms with Crippen molar-refractivity contribution in [2.45, 2.75) is 37.8 Å². The molecule has 8 nitrogen and oxygen atoms in total. The number of rotatable bonds is 6. The van der Waals surface area contributed by atoms with Gasteiger partial charge in [-0.15, -0.1) is 0 Å². The van der Waals surface area contributed by atoms with Crippen LogP contribution in [-0.2, 0) is 4.74 Å². The lowest BCUT2D eigenvalue weighted by molar-refractivity contribution is 0.0695. The Labute approximate surface area is 187 Å². The highest BCUT2D eigenvalue weighted by Gasteiger charge is 2.29. The topological polar surface area (TPSA) is 97.6 Å². The molecule has 1 unspecified atom stereocenters. The van der Waals surface area contributed by atoms with Crippen LogP contribution in [0.15, 0.2) is 35.5 Å². The Morgan fingerprint density at radius 2 is 2.12 bits per heavy atom. The molecule has 5 rings (SSSR count). The van der Waals surface area contributed by atoms with E-state index in [0.29, 0.717) is 24.5 Å². The number of aromatic nitrogens is 3. The van der Waals surface area contributed by atoms with Gasteiger partial charge in [0.1, 0.15) is 16.5 Å². The van der Waals surface area contributed by atoms with Crippen molar-refractivity contribution < 1.29 is 19.0 Å². The SMILES string of the molecule is O=C(O)c1cn(C2CC2)c2cc(N(CC3CCCO3)c3cncc(Cl)n3)c(F)cc2c1=O. The number of fused-ring (bicyclic) bond motifs is 1. The molecule has 1 aliphatic heterocycles. The van der Waals surface area contributed by atoms with Crippen molar-refractivity contribution in [1.29, 1.82) is 0 Å². The Bertz CT molecular complexity index is 1270. The number of aromatic carboxylic acids is 1. The van der Waals surface area contributed by atoms with E-state index in [-0.39, 0.29) is 33.9 Å². The van der Waals surface area contributed by atoms with Gasteiger partial charge < -0.3 is 19.3 Å². The first-order chi connectivity index (χ1) is 15.4. The summed E-state index contributed by atoms with van der Waals surface area (Å²) in [5.74, 6) is -1.64. The molecule has 10 heteroatoms. The number of nitrogens with zero attached hydrogens (tertiary/aromatic N) is 4. The summed E-state index contributed by atoms with van der Waals surface area (Å²) in [6, 6.07) is 2.76. The van der Waals surface area contributed by atoms with Crippen molar-refractivity contribution in [2.24, 2.45) is 0 Å². The molecular formula is C22H20ClFN4O4. The lowest BCUT2D eigenvalue weighted by Crippen LogP contribution is -2.30. The predicted octanol–water partition coefficient (Wildman–Crippen LogP) is 3.93. The molecule has 166 valence electrons. The van der Waals surface area contributed by atoms with Crippen LogP contribution in [0.3, 0.4) is 0 Å². The minimum Gasteiger partial charge on any atom is -0.477 e. The number of hydrogen-bond acceptors (Lipinski definition) is 6. The van der Waals surface area contributed by atoms with Gasteiger partial charge >= 0.3 is 5.97 Å². The number of carboxylic acids is 1. The minimum absolute atomic E-state index is 0.0345. The lowest BCUT2D eigenvalue weighted by Gasteiger charge is -2.27. The Kier molecular flexibility index (Phi) is 5.30. The first-order valence-corrected chi connectivity index (χ1v) is 10.8. The van der Waals surface area contributed by atoms with Gasteiger partial charge in [0.15, 0.2) is 5.82 Å². The summed E-state index contributed by atoms with van der Waals surface area (Å²) < 4.78 is 22.9. The molecule has 2 fully saturated rings. The fourth-order valence-corrected chi connectivity index (χ4v) is 4.29. The molecule has 3 aromatic rings. The van der Waals surface area contributed by atoms with Crippen LogP contribution < -0.4 is 10.3 Å². The Balaban J connectivity index is 1.70. The van der Waals surface area contributed by atoms with Crippen LogP contribution in [0.2, 0.25) is 5.15 Å². The van der Waals surface area contributed by atoms with Gasteiger partial charge in [0.2, 0.25) is 5.43 Å². The number of anilines is 2. The Morgan fingerprint density at radius 1 is 1.31 bits per heavy atom. The lowest BCUT2D eigenvalue weighted by atomic mass is 10.1. The van der Waals surface area contributed by atoms with Crippen molar-refractivity contribution in [1.82, 2.24) is 14.5 Å². The summed E-state index contributed by atoms with van der Waals surface area (Å²) in [4.78, 5) is 34.4. The van der Waals surface area contributed by atoms with Crippen molar-refractivity contribution in [2.75, 3.05) is 18.1 Å². The molecule has 2 aromatic heterocycles. The zero-order valence-electron chi connectivity index (χ0n) is 17.0. The molecule has 1 aromatic carbocycles. The molecule has 0 amide bonds. The molecule has 2 aliphatic rings. The van der Waals surface area contributed by atoms with Gasteiger partial charge in [-0.1, -0.05) is 11.6 Å². The van der Waals surface area contributed by atoms with Gasteiger partial charge in [-0.25, -0.2) is 14.2 Å². The zero-order valence-corrected chi connectivity index (χ0v) is 17.8. The molecule has 1 aliphatic carbocycles. The fraction of sp³-hybridized carbons (Fsp3) is 0.364. The third kappa shape index (κ3) is 3.82. The maximum absolute atomic E-state index is 15.4. The molecule has 1 atom stereocenters. The molecule has 1 N–H and O–H groups in total. The van der Waals surface area contributed by atoms with Gasteiger partial charge in [0.25, 0.3) is 0 Å². The number of carboxylic acid groups (broad SMARTS) is 1. The molecular weight excluding hydrogens is 439 g/mol. The largest absolute Gasteiger partial charge is 0.477 e. The number of carbonyl (C=O) groups is 1. The van der Waals surface area contributed by atoms with E-state index in [0.717, 1.165) is 31.7 Å². The Morgan fingerprint density at radius 3 is 2.78 bits per heavy atom. The van der Waals surface area contributed by atoms with Gasteiger partial charge in [-0.05, 0) is 37.8 Å². The number of hydrogen-bond donors (Lipinski definition) is 1. The minimum atomic E-state index is -1.33. The maximum Gasteiger partial charge on any atom is 0.341 e. The molecule has 0 bridgehead atoms. The summed E-state index contributed by atoms with van der Waals surface area (Å²) >= 11 is 6.04. The van der Waals surface area contributed by atoms with Crippen molar-refractivity contribution in [3.63, 3.8) is 0 Å². The van der Waals surface area contributed by atoms with Crippen LogP contribution in [-0.4, -0.2) is 44.9 Å². The summed E-state index contributed by atoms with van der Waals surface area (Å²) in [5.41, 5.74) is -0.399. The molecule has 32 heavy (non-hydrogen) atoms. The van der Waals surface area contributed by atoms with E-state index in [9.17, 15) is 14.7 Å². The Hall–Kier alpha value is -3.04. The van der Waals surface area contributed by atoms with Crippen LogP contribution in [0.1, 0.15) is 42.1 Å². The summed E-state index contributed by atoms with van der Waals surface area (Å²) in [7, 11) is 0. The molecule has 0 spiro atoms. The summed E-state index contributed by atoms with van der Waals surface area (Å²) in [5, 5.41) is 9.64. The maximum atomic E-state index is 15.4. The first-order valence-electron chi connectivity index (χ1n) is 10.4. The van der Waals surface area contributed by atoms with E-state index < -0.39 is 17.2 Å². The summed E-state index contributed by atoms with van der Waals surface area (Å²) in [6.45, 7) is 0.970. The van der Waals surface area contributed by atoms with Gasteiger partial charge in [0.05, 0.1) is 36.2 Å². The van der Waals surface area contributed by atoms with Crippen LogP contribution in [0.25, 0.3) is 10.9 Å². The van der Waals surface area contributed by atoms with Crippen molar-refractivity contribution in [3.8, 4) is 0 Å². The number of halogens is 2. The smallest absolute Gasteiger partial charge is 0.341 e. The average Bonchev–Trinajstić information content (AvgIpc) is 3.47. The molecule has 1 saturated heterocycles. The van der Waals surface area contributed by atoms with E-state index in [4.69, 9.17) is 16.3 Å². The highest BCUT2D eigenvalue weighted by atomic mass is 35.5. The van der Waals surface area contributed by atoms with Gasteiger partial charge in [0, 0.05) is 24.2 Å². The van der Waals surface area contributed by atoms with Crippen molar-refractivity contribution in [3.05, 3.63) is 57.5 Å². The van der Waals surface area contributed by atoms with Crippen LogP contribution in [0.5, 0.6) is 0 Å². The zero-order chi connectivity index (χ0) is 22.4. The molecule has 1 saturated carbocycles. The van der Waals surface area contributed by atoms with E-state index in [1.165, 1.54) is 18.6 Å². The van der Waals surface area contributed by atoms with E-state index >= 15 is 4.39 Å². The number of benzene rings is 1. The second-order valence-electron chi connectivity index (χ2n) is 8.08. The summed E-state index contributed by atoms with van der Waals surface area (Å²) in [6.07, 6.45) is 7.59. The van der Waals surface area contributed by atoms with Crippen LogP contribution >= 0.6 is 11.6 Å². The average molecular weight is 459 g/mol. The normalized spacial score (nSPS) is 18.2. The predicted molar refractivity (Wildman–Crippen MR) is 116 cm³/mol. The van der Waals surface area contributed by atoms with Gasteiger partial charge in [-0.2, -0.15) is 0 Å². The third-order valence-electron chi connectivity index (χ3n) is 5.84. The van der Waals surface area contributed by atoms with Crippen LogP contribution in [0.4, 0.5) is 15.9 Å². The monoisotopic (exact) mass is 458 g/mol. The van der Waals surface area contributed by atoms with E-state index in [1.807, 2.05) is 0 Å². The van der Waals surface area contributed by atoms with Gasteiger partial charge in [-0.3, -0.25) is 9.78 Å².